The normalized spacial score (nSPS) is 24.6. The number of alkyl halides is 1. The van der Waals surface area contributed by atoms with Gasteiger partial charge in [-0.3, -0.25) is 23.7 Å². The Morgan fingerprint density at radius 1 is 1.29 bits per heavy atom. The zero-order chi connectivity index (χ0) is 27.9. The molecular formula is C23H31FN3O10P. The van der Waals surface area contributed by atoms with E-state index < -0.39 is 61.9 Å². The Kier molecular flexibility index (Phi) is 9.99. The maximum absolute atomic E-state index is 16.2. The van der Waals surface area contributed by atoms with E-state index in [9.17, 15) is 24.1 Å². The molecule has 1 aliphatic heterocycles. The van der Waals surface area contributed by atoms with E-state index in [1.165, 1.54) is 19.1 Å². The predicted octanol–water partition coefficient (Wildman–Crippen LogP) is 1.63. The van der Waals surface area contributed by atoms with E-state index in [-0.39, 0.29) is 25.4 Å². The molecule has 1 aromatic carbocycles. The van der Waals surface area contributed by atoms with E-state index in [0.717, 1.165) is 16.8 Å². The number of aromatic nitrogens is 2. The van der Waals surface area contributed by atoms with Gasteiger partial charge in [0.05, 0.1) is 12.7 Å². The number of nitrogens with one attached hydrogen (secondary N) is 2. The van der Waals surface area contributed by atoms with Gasteiger partial charge in [-0.1, -0.05) is 18.2 Å². The van der Waals surface area contributed by atoms with Gasteiger partial charge in [0.1, 0.15) is 24.5 Å². The number of ether oxygens (including phenoxy) is 3. The average molecular weight is 559 g/mol. The van der Waals surface area contributed by atoms with Crippen molar-refractivity contribution in [3.63, 3.8) is 0 Å². The number of halogens is 1. The van der Waals surface area contributed by atoms with Crippen molar-refractivity contribution in [2.45, 2.75) is 57.5 Å². The number of benzene rings is 1. The van der Waals surface area contributed by atoms with Crippen LogP contribution in [0.5, 0.6) is 5.75 Å². The molecule has 38 heavy (non-hydrogen) atoms. The molecule has 13 nitrogen and oxygen atoms in total. The first-order chi connectivity index (χ1) is 17.9. The summed E-state index contributed by atoms with van der Waals surface area (Å²) in [7, 11) is -4.49. The fraction of sp³-hybridized carbons (Fsp3) is 0.522. The Labute approximate surface area is 217 Å². The van der Waals surface area contributed by atoms with Gasteiger partial charge >= 0.3 is 19.4 Å². The minimum absolute atomic E-state index is 0.0888. The Morgan fingerprint density at radius 3 is 2.66 bits per heavy atom. The van der Waals surface area contributed by atoms with Crippen molar-refractivity contribution in [3.05, 3.63) is 63.4 Å². The standard InChI is InChI=1S/C23H31FN3O10P/c1-15(2)35-21(30)16(3)26-38(32,37-17-7-5-4-6-8-17)34-14-23(24)18(28)10-12-33-13-20(36-23)27-11-9-19(29)25-22(27)31/h4-9,11,15-16,18,20,28H,10,12-14H2,1-3H3,(H,26,32)(H,25,29,31)/t16-,18-,20+,23+,38?/m0/s1. The van der Waals surface area contributed by atoms with Gasteiger partial charge in [0.15, 0.2) is 6.23 Å². The van der Waals surface area contributed by atoms with Crippen LogP contribution in [0.4, 0.5) is 4.39 Å². The Hall–Kier alpha value is -2.87. The molecule has 15 heteroatoms. The maximum Gasteiger partial charge on any atom is 0.459 e. The Morgan fingerprint density at radius 2 is 2.00 bits per heavy atom. The summed E-state index contributed by atoms with van der Waals surface area (Å²) in [6.07, 6.45) is -2.86. The summed E-state index contributed by atoms with van der Waals surface area (Å²) < 4.78 is 57.4. The number of aromatic amines is 1. The molecule has 0 amide bonds. The zero-order valence-electron chi connectivity index (χ0n) is 21.1. The van der Waals surface area contributed by atoms with E-state index in [4.69, 9.17) is 23.3 Å². The third-order valence-electron chi connectivity index (χ3n) is 5.24. The molecule has 3 rings (SSSR count). The molecule has 2 heterocycles. The van der Waals surface area contributed by atoms with Crippen LogP contribution in [0.2, 0.25) is 0 Å². The molecule has 1 aliphatic rings. The van der Waals surface area contributed by atoms with Crippen LogP contribution in [0.3, 0.4) is 0 Å². The van der Waals surface area contributed by atoms with Crippen LogP contribution < -0.4 is 20.9 Å². The first-order valence-electron chi connectivity index (χ1n) is 11.8. The second-order valence-corrected chi connectivity index (χ2v) is 10.5. The highest BCUT2D eigenvalue weighted by Gasteiger charge is 2.47. The molecule has 0 aliphatic carbocycles. The van der Waals surface area contributed by atoms with E-state index in [0.29, 0.717) is 0 Å². The first-order valence-corrected chi connectivity index (χ1v) is 13.4. The highest BCUT2D eigenvalue weighted by molar-refractivity contribution is 7.52. The number of H-pyrrole nitrogens is 1. The smallest absolute Gasteiger partial charge is 0.459 e. The molecule has 1 saturated heterocycles. The van der Waals surface area contributed by atoms with E-state index >= 15 is 4.39 Å². The SMILES string of the molecule is CC(C)OC(=O)[C@H](C)NP(=O)(OC[C@@]1(F)O[C@@H](n2ccc(=O)[nH]c2=O)COCC[C@@H]1O)Oc1ccccc1. The number of nitrogens with zero attached hydrogens (tertiary/aromatic N) is 1. The van der Waals surface area contributed by atoms with Gasteiger partial charge in [-0.25, -0.2) is 13.8 Å². The lowest BCUT2D eigenvalue weighted by Crippen LogP contribution is -2.50. The van der Waals surface area contributed by atoms with E-state index in [1.54, 1.807) is 32.0 Å². The third-order valence-corrected chi connectivity index (χ3v) is 6.87. The van der Waals surface area contributed by atoms with Crippen molar-refractivity contribution in [1.82, 2.24) is 14.6 Å². The number of aliphatic hydroxyl groups excluding tert-OH is 1. The van der Waals surface area contributed by atoms with Crippen molar-refractivity contribution in [1.29, 1.82) is 0 Å². The molecule has 3 N–H and O–H groups in total. The molecule has 1 fully saturated rings. The maximum atomic E-state index is 16.2. The van der Waals surface area contributed by atoms with Crippen LogP contribution in [-0.2, 0) is 28.1 Å². The summed E-state index contributed by atoms with van der Waals surface area (Å²) in [5.74, 6) is -3.68. The number of rotatable bonds is 10. The van der Waals surface area contributed by atoms with Crippen molar-refractivity contribution >= 4 is 13.7 Å². The fourth-order valence-electron chi connectivity index (χ4n) is 3.36. The van der Waals surface area contributed by atoms with E-state index in [2.05, 4.69) is 5.09 Å². The highest BCUT2D eigenvalue weighted by Crippen LogP contribution is 2.46. The minimum atomic E-state index is -4.49. The second-order valence-electron chi connectivity index (χ2n) is 8.77. The Balaban J connectivity index is 1.86. The second kappa shape index (κ2) is 12.8. The lowest BCUT2D eigenvalue weighted by Gasteiger charge is -2.36. The molecule has 0 spiro atoms. The van der Waals surface area contributed by atoms with Crippen LogP contribution in [0.15, 0.2) is 52.2 Å². The van der Waals surface area contributed by atoms with E-state index in [1.807, 2.05) is 4.98 Å². The quantitative estimate of drug-likeness (QED) is 0.286. The summed E-state index contributed by atoms with van der Waals surface area (Å²) in [6, 6.07) is 7.66. The van der Waals surface area contributed by atoms with Gasteiger partial charge in [0.25, 0.3) is 11.4 Å². The topological polar surface area (TPSA) is 167 Å². The van der Waals surface area contributed by atoms with Crippen LogP contribution in [0.25, 0.3) is 0 Å². The molecule has 0 radical (unpaired) electrons. The van der Waals surface area contributed by atoms with Gasteiger partial charge in [0.2, 0.25) is 0 Å². The first kappa shape index (κ1) is 29.7. The van der Waals surface area contributed by atoms with Crippen molar-refractivity contribution in [2.24, 2.45) is 0 Å². The van der Waals surface area contributed by atoms with Crippen LogP contribution in [-0.4, -0.2) is 64.6 Å². The van der Waals surface area contributed by atoms with Crippen LogP contribution >= 0.6 is 7.75 Å². The van der Waals surface area contributed by atoms with Gasteiger partial charge < -0.3 is 23.8 Å². The lowest BCUT2D eigenvalue weighted by molar-refractivity contribution is -0.283. The summed E-state index contributed by atoms with van der Waals surface area (Å²) >= 11 is 0. The van der Waals surface area contributed by atoms with Crippen LogP contribution in [0.1, 0.15) is 33.4 Å². The molecule has 210 valence electrons. The molecule has 0 bridgehead atoms. The molecule has 5 atom stereocenters. The molecule has 0 saturated carbocycles. The molecular weight excluding hydrogens is 528 g/mol. The lowest BCUT2D eigenvalue weighted by atomic mass is 10.1. The predicted molar refractivity (Wildman–Crippen MR) is 131 cm³/mol. The number of para-hydroxylation sites is 1. The monoisotopic (exact) mass is 559 g/mol. The largest absolute Gasteiger partial charge is 0.462 e. The van der Waals surface area contributed by atoms with Crippen molar-refractivity contribution in [3.8, 4) is 5.75 Å². The fourth-order valence-corrected chi connectivity index (χ4v) is 4.87. The highest BCUT2D eigenvalue weighted by atomic mass is 31.2. The van der Waals surface area contributed by atoms with Gasteiger partial charge in [-0.05, 0) is 32.9 Å². The minimum Gasteiger partial charge on any atom is -0.462 e. The Bertz CT molecular complexity index is 1240. The summed E-state index contributed by atoms with van der Waals surface area (Å²) in [6.45, 7) is 3.09. The average Bonchev–Trinajstić information content (AvgIpc) is 2.84. The number of aliphatic hydroxyl groups is 1. The molecule has 1 unspecified atom stereocenters. The number of carbonyl (C=O) groups is 1. The van der Waals surface area contributed by atoms with Crippen molar-refractivity contribution < 1.29 is 42.1 Å². The molecule has 1 aromatic heterocycles. The number of carbonyl (C=O) groups excluding carboxylic acids is 1. The van der Waals surface area contributed by atoms with Gasteiger partial charge in [-0.2, -0.15) is 5.09 Å². The third kappa shape index (κ3) is 8.06. The van der Waals surface area contributed by atoms with Gasteiger partial charge in [-0.15, -0.1) is 0 Å². The van der Waals surface area contributed by atoms with Crippen molar-refractivity contribution in [2.75, 3.05) is 19.8 Å². The van der Waals surface area contributed by atoms with Gasteiger partial charge in [0, 0.05) is 25.3 Å². The number of hydrogen-bond donors (Lipinski definition) is 3. The number of esters is 1. The van der Waals surface area contributed by atoms with Crippen LogP contribution in [0, 0.1) is 0 Å². The molecule has 2 aromatic rings. The summed E-state index contributed by atoms with van der Waals surface area (Å²) in [5.41, 5.74) is -1.58. The zero-order valence-corrected chi connectivity index (χ0v) is 22.0. The summed E-state index contributed by atoms with van der Waals surface area (Å²) in [5, 5.41) is 13.0. The number of hydrogen-bond acceptors (Lipinski definition) is 10. The summed E-state index contributed by atoms with van der Waals surface area (Å²) in [4.78, 5) is 38.0.